The van der Waals surface area contributed by atoms with Crippen LogP contribution in [0.5, 0.6) is 11.5 Å². The summed E-state index contributed by atoms with van der Waals surface area (Å²) in [6.07, 6.45) is 4.18. The minimum absolute atomic E-state index is 0.0587. The van der Waals surface area contributed by atoms with Crippen LogP contribution in [-0.2, 0) is 10.2 Å². The Morgan fingerprint density at radius 3 is 3.05 bits per heavy atom. The van der Waals surface area contributed by atoms with Gasteiger partial charge in [0, 0.05) is 24.6 Å². The van der Waals surface area contributed by atoms with Gasteiger partial charge in [-0.2, -0.15) is 0 Å². The number of benzene rings is 1. The molecule has 21 heavy (non-hydrogen) atoms. The molecule has 4 heteroatoms. The summed E-state index contributed by atoms with van der Waals surface area (Å²) in [6.45, 7) is 0.811. The van der Waals surface area contributed by atoms with Crippen LogP contribution in [0, 0.1) is 5.92 Å². The third kappa shape index (κ3) is 1.53. The number of ether oxygens (including phenoxy) is 2. The van der Waals surface area contributed by atoms with Crippen LogP contribution in [0.25, 0.3) is 0 Å². The Bertz CT molecular complexity index is 600. The average Bonchev–Trinajstić information content (AvgIpc) is 2.85. The average molecular weight is 287 g/mol. The fraction of sp³-hybridized carbons (Fsp3) is 0.588. The number of carbonyl (C=O) groups is 1. The van der Waals surface area contributed by atoms with E-state index in [-0.39, 0.29) is 23.3 Å². The Balaban J connectivity index is 1.89. The van der Waals surface area contributed by atoms with Crippen LogP contribution in [0.4, 0.5) is 0 Å². The van der Waals surface area contributed by atoms with Gasteiger partial charge in [-0.25, -0.2) is 0 Å². The van der Waals surface area contributed by atoms with Gasteiger partial charge < -0.3 is 14.4 Å². The third-order valence-electron chi connectivity index (χ3n) is 5.65. The van der Waals surface area contributed by atoms with E-state index in [0.29, 0.717) is 0 Å². The molecule has 1 saturated heterocycles. The van der Waals surface area contributed by atoms with E-state index in [2.05, 4.69) is 6.07 Å². The van der Waals surface area contributed by atoms with Crippen molar-refractivity contribution in [1.82, 2.24) is 4.90 Å². The van der Waals surface area contributed by atoms with Crippen molar-refractivity contribution in [1.29, 1.82) is 0 Å². The highest BCUT2D eigenvalue weighted by Crippen LogP contribution is 2.58. The SMILES string of the molecule is COc1cccc2c1O[C@H]1CCC[C@H]3C(=O)N(C)CC[C@]213. The molecule has 3 atom stereocenters. The first-order valence-corrected chi connectivity index (χ1v) is 7.77. The van der Waals surface area contributed by atoms with Crippen molar-refractivity contribution >= 4 is 5.91 Å². The van der Waals surface area contributed by atoms with Crippen molar-refractivity contribution in [2.75, 3.05) is 20.7 Å². The molecule has 112 valence electrons. The molecule has 2 fully saturated rings. The third-order valence-corrected chi connectivity index (χ3v) is 5.65. The molecular formula is C17H21NO3. The van der Waals surface area contributed by atoms with Gasteiger partial charge in [-0.15, -0.1) is 0 Å². The van der Waals surface area contributed by atoms with Crippen molar-refractivity contribution < 1.29 is 14.3 Å². The van der Waals surface area contributed by atoms with Crippen LogP contribution in [0.2, 0.25) is 0 Å². The zero-order valence-corrected chi connectivity index (χ0v) is 12.6. The number of hydrogen-bond acceptors (Lipinski definition) is 3. The maximum absolute atomic E-state index is 12.7. The number of para-hydroxylation sites is 1. The van der Waals surface area contributed by atoms with Crippen LogP contribution in [0.15, 0.2) is 18.2 Å². The Labute approximate surface area is 125 Å². The molecule has 1 aliphatic carbocycles. The first kappa shape index (κ1) is 13.0. The van der Waals surface area contributed by atoms with Crippen LogP contribution in [0.3, 0.4) is 0 Å². The maximum Gasteiger partial charge on any atom is 0.226 e. The quantitative estimate of drug-likeness (QED) is 0.796. The van der Waals surface area contributed by atoms with Crippen LogP contribution in [-0.4, -0.2) is 37.6 Å². The zero-order valence-electron chi connectivity index (χ0n) is 12.6. The number of hydrogen-bond donors (Lipinski definition) is 0. The number of carbonyl (C=O) groups excluding carboxylic acids is 1. The van der Waals surface area contributed by atoms with Gasteiger partial charge in [0.2, 0.25) is 5.91 Å². The lowest BCUT2D eigenvalue weighted by atomic mass is 9.58. The van der Waals surface area contributed by atoms with Crippen molar-refractivity contribution in [2.24, 2.45) is 5.92 Å². The Hall–Kier alpha value is -1.71. The number of rotatable bonds is 1. The van der Waals surface area contributed by atoms with E-state index in [4.69, 9.17) is 9.47 Å². The molecule has 0 unspecified atom stereocenters. The molecule has 1 aromatic rings. The minimum atomic E-state index is -0.133. The van der Waals surface area contributed by atoms with E-state index < -0.39 is 0 Å². The number of nitrogens with zero attached hydrogens (tertiary/aromatic N) is 1. The van der Waals surface area contributed by atoms with Crippen molar-refractivity contribution in [3.05, 3.63) is 23.8 Å². The summed E-state index contributed by atoms with van der Waals surface area (Å²) >= 11 is 0. The monoisotopic (exact) mass is 287 g/mol. The molecule has 1 spiro atoms. The number of fused-ring (bicyclic) bond motifs is 1. The molecule has 2 heterocycles. The van der Waals surface area contributed by atoms with Gasteiger partial charge in [0.1, 0.15) is 6.10 Å². The van der Waals surface area contributed by atoms with E-state index in [9.17, 15) is 4.79 Å². The molecule has 0 aromatic heterocycles. The lowest BCUT2D eigenvalue weighted by molar-refractivity contribution is -0.145. The highest BCUT2D eigenvalue weighted by Gasteiger charge is 2.60. The zero-order chi connectivity index (χ0) is 14.6. The van der Waals surface area contributed by atoms with Crippen LogP contribution in [0.1, 0.15) is 31.2 Å². The number of piperidine rings is 1. The Morgan fingerprint density at radius 2 is 2.24 bits per heavy atom. The maximum atomic E-state index is 12.7. The molecule has 4 nitrogen and oxygen atoms in total. The van der Waals surface area contributed by atoms with Crippen LogP contribution >= 0.6 is 0 Å². The largest absolute Gasteiger partial charge is 0.493 e. The van der Waals surface area contributed by atoms with Gasteiger partial charge in [0.05, 0.1) is 13.0 Å². The molecule has 4 rings (SSSR count). The summed E-state index contributed by atoms with van der Waals surface area (Å²) in [4.78, 5) is 14.6. The van der Waals surface area contributed by atoms with Crippen molar-refractivity contribution in [3.63, 3.8) is 0 Å². The number of methoxy groups -OCH3 is 1. The first-order chi connectivity index (χ1) is 10.2. The summed E-state index contributed by atoms with van der Waals surface area (Å²) in [5.41, 5.74) is 1.06. The molecule has 1 aromatic carbocycles. The minimum Gasteiger partial charge on any atom is -0.493 e. The molecule has 0 N–H and O–H groups in total. The predicted molar refractivity (Wildman–Crippen MR) is 78.7 cm³/mol. The van der Waals surface area contributed by atoms with E-state index in [0.717, 1.165) is 43.7 Å². The summed E-state index contributed by atoms with van der Waals surface area (Å²) in [6, 6.07) is 6.10. The van der Waals surface area contributed by atoms with Gasteiger partial charge in [0.15, 0.2) is 11.5 Å². The van der Waals surface area contributed by atoms with Crippen LogP contribution < -0.4 is 9.47 Å². The lowest BCUT2D eigenvalue weighted by Crippen LogP contribution is -2.58. The van der Waals surface area contributed by atoms with Crippen molar-refractivity contribution in [2.45, 2.75) is 37.2 Å². The van der Waals surface area contributed by atoms with Gasteiger partial charge in [0.25, 0.3) is 0 Å². The summed E-state index contributed by atoms with van der Waals surface area (Å²) < 4.78 is 11.7. The summed E-state index contributed by atoms with van der Waals surface area (Å²) in [7, 11) is 3.59. The van der Waals surface area contributed by atoms with Crippen molar-refractivity contribution in [3.8, 4) is 11.5 Å². The van der Waals surface area contributed by atoms with E-state index >= 15 is 0 Å². The van der Waals surface area contributed by atoms with E-state index in [1.807, 2.05) is 24.1 Å². The second-order valence-corrected chi connectivity index (χ2v) is 6.48. The number of amides is 1. The van der Waals surface area contributed by atoms with E-state index in [1.165, 1.54) is 5.56 Å². The normalized spacial score (nSPS) is 33.8. The second kappa shape index (κ2) is 4.39. The van der Waals surface area contributed by atoms with E-state index in [1.54, 1.807) is 7.11 Å². The lowest BCUT2D eigenvalue weighted by Gasteiger charge is -2.49. The second-order valence-electron chi connectivity index (χ2n) is 6.48. The fourth-order valence-electron chi connectivity index (χ4n) is 4.62. The highest BCUT2D eigenvalue weighted by molar-refractivity contribution is 5.83. The summed E-state index contributed by atoms with van der Waals surface area (Å²) in [5.74, 6) is 2.00. The molecule has 1 amide bonds. The molecular weight excluding hydrogens is 266 g/mol. The molecule has 2 aliphatic heterocycles. The van der Waals surface area contributed by atoms with Gasteiger partial charge in [-0.3, -0.25) is 4.79 Å². The Kier molecular flexibility index (Phi) is 2.72. The number of likely N-dealkylation sites (tertiary alicyclic amines) is 1. The van der Waals surface area contributed by atoms with Gasteiger partial charge in [-0.1, -0.05) is 12.1 Å². The molecule has 3 aliphatic rings. The smallest absolute Gasteiger partial charge is 0.226 e. The molecule has 1 saturated carbocycles. The highest BCUT2D eigenvalue weighted by atomic mass is 16.5. The van der Waals surface area contributed by atoms with Gasteiger partial charge >= 0.3 is 0 Å². The predicted octanol–water partition coefficient (Wildman–Crippen LogP) is 2.36. The van der Waals surface area contributed by atoms with Gasteiger partial charge in [-0.05, 0) is 31.7 Å². The Morgan fingerprint density at radius 1 is 1.38 bits per heavy atom. The summed E-state index contributed by atoms with van der Waals surface area (Å²) in [5, 5.41) is 0. The molecule has 0 bridgehead atoms. The first-order valence-electron chi connectivity index (χ1n) is 7.77. The fourth-order valence-corrected chi connectivity index (χ4v) is 4.62. The molecule has 0 radical (unpaired) electrons. The standard InChI is InChI=1S/C17H21NO3/c1-18-10-9-17-11-5-3-7-13(20-2)15(11)21-14(17)8-4-6-12(17)16(18)19/h3,5,7,12,14H,4,6,8-10H2,1-2H3/t12-,14-,17+/m0/s1. The topological polar surface area (TPSA) is 38.8 Å².